The Bertz CT molecular complexity index is 690. The zero-order valence-electron chi connectivity index (χ0n) is 12.3. The molecule has 1 aliphatic carbocycles. The van der Waals surface area contributed by atoms with Gasteiger partial charge in [0.05, 0.1) is 0 Å². The maximum atomic E-state index is 12.7. The van der Waals surface area contributed by atoms with Gasteiger partial charge < -0.3 is 5.73 Å². The highest BCUT2D eigenvalue weighted by atomic mass is 16.2. The van der Waals surface area contributed by atoms with Crippen LogP contribution in [0.15, 0.2) is 12.1 Å². The predicted octanol–water partition coefficient (Wildman–Crippen LogP) is 1.51. The standard InChI is InChI=1S/C16H17NO4/c1-8(18)11-4-5-12(9(2)19)14-13(11)6-7-16(17,10(3)20)15(14)21/h4-5H,6-7,17H2,1-3H3. The van der Waals surface area contributed by atoms with Gasteiger partial charge in [-0.05, 0) is 45.2 Å². The van der Waals surface area contributed by atoms with Crippen LogP contribution in [0, 0.1) is 0 Å². The zero-order valence-corrected chi connectivity index (χ0v) is 12.3. The highest BCUT2D eigenvalue weighted by Crippen LogP contribution is 2.33. The van der Waals surface area contributed by atoms with E-state index in [-0.39, 0.29) is 29.1 Å². The molecule has 5 heteroatoms. The Balaban J connectivity index is 2.78. The van der Waals surface area contributed by atoms with Crippen molar-refractivity contribution in [1.82, 2.24) is 0 Å². The van der Waals surface area contributed by atoms with Gasteiger partial charge in [-0.3, -0.25) is 19.2 Å². The fraction of sp³-hybridized carbons (Fsp3) is 0.375. The second-order valence-corrected chi connectivity index (χ2v) is 5.48. The average Bonchev–Trinajstić information content (AvgIpc) is 2.41. The molecule has 0 fully saturated rings. The predicted molar refractivity (Wildman–Crippen MR) is 76.7 cm³/mol. The van der Waals surface area contributed by atoms with E-state index in [4.69, 9.17) is 5.73 Å². The number of hydrogen-bond donors (Lipinski definition) is 1. The minimum atomic E-state index is -1.60. The summed E-state index contributed by atoms with van der Waals surface area (Å²) in [5.41, 5.74) is 5.65. The van der Waals surface area contributed by atoms with Crippen LogP contribution in [0.5, 0.6) is 0 Å². The summed E-state index contributed by atoms with van der Waals surface area (Å²) in [5.74, 6) is -1.46. The number of Topliss-reactive ketones (excluding diaryl/α,β-unsaturated/α-hetero) is 4. The molecule has 1 aromatic rings. The largest absolute Gasteiger partial charge is 0.312 e. The van der Waals surface area contributed by atoms with Crippen molar-refractivity contribution in [3.8, 4) is 0 Å². The summed E-state index contributed by atoms with van der Waals surface area (Å²) in [4.78, 5) is 47.9. The van der Waals surface area contributed by atoms with Crippen LogP contribution in [-0.4, -0.2) is 28.7 Å². The number of carbonyl (C=O) groups excluding carboxylic acids is 4. The maximum absolute atomic E-state index is 12.7. The molecule has 0 aliphatic heterocycles. The summed E-state index contributed by atoms with van der Waals surface area (Å²) in [5, 5.41) is 0. The third kappa shape index (κ3) is 2.23. The summed E-state index contributed by atoms with van der Waals surface area (Å²) in [7, 11) is 0. The lowest BCUT2D eigenvalue weighted by atomic mass is 9.72. The summed E-state index contributed by atoms with van der Waals surface area (Å²) >= 11 is 0. The molecule has 2 N–H and O–H groups in total. The van der Waals surface area contributed by atoms with Crippen molar-refractivity contribution in [1.29, 1.82) is 0 Å². The lowest BCUT2D eigenvalue weighted by Crippen LogP contribution is -2.56. The molecule has 5 nitrogen and oxygen atoms in total. The summed E-state index contributed by atoms with van der Waals surface area (Å²) < 4.78 is 0. The molecule has 0 saturated heterocycles. The lowest BCUT2D eigenvalue weighted by molar-refractivity contribution is -0.120. The van der Waals surface area contributed by atoms with E-state index in [1.165, 1.54) is 26.8 Å². The van der Waals surface area contributed by atoms with Crippen molar-refractivity contribution in [3.63, 3.8) is 0 Å². The third-order valence-electron chi connectivity index (χ3n) is 4.10. The van der Waals surface area contributed by atoms with Gasteiger partial charge in [-0.1, -0.05) is 6.07 Å². The Hall–Kier alpha value is -2.14. The van der Waals surface area contributed by atoms with E-state index >= 15 is 0 Å². The fourth-order valence-corrected chi connectivity index (χ4v) is 2.78. The Kier molecular flexibility index (Phi) is 3.63. The number of fused-ring (bicyclic) bond motifs is 1. The van der Waals surface area contributed by atoms with Crippen molar-refractivity contribution >= 4 is 23.1 Å². The molecule has 0 amide bonds. The molecular weight excluding hydrogens is 270 g/mol. The van der Waals surface area contributed by atoms with Crippen LogP contribution < -0.4 is 5.73 Å². The number of benzene rings is 1. The molecule has 2 rings (SSSR count). The first kappa shape index (κ1) is 15.3. The average molecular weight is 287 g/mol. The van der Waals surface area contributed by atoms with Gasteiger partial charge in [0.25, 0.3) is 0 Å². The van der Waals surface area contributed by atoms with E-state index in [2.05, 4.69) is 0 Å². The second-order valence-electron chi connectivity index (χ2n) is 5.48. The van der Waals surface area contributed by atoms with E-state index < -0.39 is 17.1 Å². The molecule has 0 saturated carbocycles. The molecule has 1 aromatic carbocycles. The summed E-state index contributed by atoms with van der Waals surface area (Å²) in [6, 6.07) is 3.02. The number of carbonyl (C=O) groups is 4. The molecule has 0 radical (unpaired) electrons. The molecule has 0 spiro atoms. The third-order valence-corrected chi connectivity index (χ3v) is 4.10. The molecule has 1 unspecified atom stereocenters. The summed E-state index contributed by atoms with van der Waals surface area (Å²) in [6.07, 6.45) is 0.475. The maximum Gasteiger partial charge on any atom is 0.191 e. The van der Waals surface area contributed by atoms with Gasteiger partial charge in [0.1, 0.15) is 5.54 Å². The number of rotatable bonds is 3. The first-order valence-corrected chi connectivity index (χ1v) is 6.72. The number of nitrogens with two attached hydrogens (primary N) is 1. The van der Waals surface area contributed by atoms with Crippen molar-refractivity contribution < 1.29 is 19.2 Å². The number of ketones is 4. The molecular formula is C16H17NO4. The van der Waals surface area contributed by atoms with E-state index in [0.29, 0.717) is 17.5 Å². The zero-order chi connectivity index (χ0) is 15.9. The monoisotopic (exact) mass is 287 g/mol. The van der Waals surface area contributed by atoms with Crippen molar-refractivity contribution in [2.75, 3.05) is 0 Å². The normalized spacial score (nSPS) is 20.9. The van der Waals surface area contributed by atoms with Crippen LogP contribution >= 0.6 is 0 Å². The topological polar surface area (TPSA) is 94.3 Å². The Morgan fingerprint density at radius 1 is 1.05 bits per heavy atom. The van der Waals surface area contributed by atoms with E-state index in [1.54, 1.807) is 6.07 Å². The smallest absolute Gasteiger partial charge is 0.191 e. The molecule has 0 aromatic heterocycles. The first-order valence-electron chi connectivity index (χ1n) is 6.72. The first-order chi connectivity index (χ1) is 9.70. The highest BCUT2D eigenvalue weighted by Gasteiger charge is 2.45. The van der Waals surface area contributed by atoms with Gasteiger partial charge in [0.2, 0.25) is 0 Å². The Labute approximate surface area is 122 Å². The molecule has 0 bridgehead atoms. The lowest BCUT2D eigenvalue weighted by Gasteiger charge is -2.32. The minimum absolute atomic E-state index is 0.138. The van der Waals surface area contributed by atoms with Gasteiger partial charge in [-0.15, -0.1) is 0 Å². The van der Waals surface area contributed by atoms with Gasteiger partial charge in [-0.2, -0.15) is 0 Å². The Morgan fingerprint density at radius 2 is 1.57 bits per heavy atom. The van der Waals surface area contributed by atoms with Crippen LogP contribution in [0.4, 0.5) is 0 Å². The van der Waals surface area contributed by atoms with Crippen LogP contribution in [0.3, 0.4) is 0 Å². The fourth-order valence-electron chi connectivity index (χ4n) is 2.78. The quantitative estimate of drug-likeness (QED) is 0.671. The Morgan fingerprint density at radius 3 is 2.05 bits per heavy atom. The summed E-state index contributed by atoms with van der Waals surface area (Å²) in [6.45, 7) is 4.02. The van der Waals surface area contributed by atoms with Crippen molar-refractivity contribution in [2.24, 2.45) is 5.73 Å². The van der Waals surface area contributed by atoms with E-state index in [1.807, 2.05) is 0 Å². The van der Waals surface area contributed by atoms with Crippen LogP contribution in [-0.2, 0) is 11.2 Å². The molecule has 1 atom stereocenters. The number of hydrogen-bond acceptors (Lipinski definition) is 5. The molecule has 1 aliphatic rings. The highest BCUT2D eigenvalue weighted by molar-refractivity contribution is 6.23. The van der Waals surface area contributed by atoms with Crippen LogP contribution in [0.1, 0.15) is 63.8 Å². The minimum Gasteiger partial charge on any atom is -0.312 e. The van der Waals surface area contributed by atoms with Gasteiger partial charge in [0.15, 0.2) is 23.1 Å². The molecule has 0 heterocycles. The van der Waals surface area contributed by atoms with Gasteiger partial charge in [-0.25, -0.2) is 0 Å². The van der Waals surface area contributed by atoms with Gasteiger partial charge in [0, 0.05) is 16.7 Å². The van der Waals surface area contributed by atoms with Gasteiger partial charge >= 0.3 is 0 Å². The van der Waals surface area contributed by atoms with E-state index in [9.17, 15) is 19.2 Å². The SMILES string of the molecule is CC(=O)c1ccc(C(C)=O)c2c1CCC(N)(C(C)=O)C2=O. The van der Waals surface area contributed by atoms with E-state index in [0.717, 1.165) is 0 Å². The van der Waals surface area contributed by atoms with Crippen molar-refractivity contribution in [2.45, 2.75) is 39.2 Å². The molecule has 21 heavy (non-hydrogen) atoms. The molecule has 110 valence electrons. The van der Waals surface area contributed by atoms with Crippen LogP contribution in [0.2, 0.25) is 0 Å². The van der Waals surface area contributed by atoms with Crippen LogP contribution in [0.25, 0.3) is 0 Å². The second kappa shape index (κ2) is 5.00. The van der Waals surface area contributed by atoms with Crippen molar-refractivity contribution in [3.05, 3.63) is 34.4 Å².